The molecule has 62 heavy (non-hydrogen) atoms. The normalized spacial score (nSPS) is 12.9. The third kappa shape index (κ3) is 49.9. The van der Waals surface area contributed by atoms with Crippen molar-refractivity contribution in [2.75, 3.05) is 6.61 Å². The molecule has 0 aromatic heterocycles. The molecule has 0 aliphatic heterocycles. The maximum Gasteiger partial charge on any atom is 0.220 e. The van der Waals surface area contributed by atoms with Crippen LogP contribution in [0.15, 0.2) is 24.3 Å². The quantitative estimate of drug-likeness (QED) is 0.0421. The molecular weight excluding hydrogens is 759 g/mol. The van der Waals surface area contributed by atoms with Gasteiger partial charge in [-0.25, -0.2) is 0 Å². The Balaban J connectivity index is 3.40. The molecule has 4 nitrogen and oxygen atoms in total. The van der Waals surface area contributed by atoms with Gasteiger partial charge in [-0.05, 0) is 44.9 Å². The molecule has 3 N–H and O–H groups in total. The molecule has 0 heterocycles. The van der Waals surface area contributed by atoms with E-state index in [2.05, 4.69) is 43.5 Å². The third-order valence-corrected chi connectivity index (χ3v) is 13.5. The first-order chi connectivity index (χ1) is 30.7. The summed E-state index contributed by atoms with van der Waals surface area (Å²) >= 11 is 0. The number of aliphatic hydroxyl groups excluding tert-OH is 2. The van der Waals surface area contributed by atoms with Gasteiger partial charge in [0.15, 0.2) is 0 Å². The molecule has 0 aromatic carbocycles. The van der Waals surface area contributed by atoms with Crippen LogP contribution in [0.3, 0.4) is 0 Å². The van der Waals surface area contributed by atoms with Crippen LogP contribution in [0.4, 0.5) is 0 Å². The van der Waals surface area contributed by atoms with E-state index in [0.717, 1.165) is 32.1 Å². The summed E-state index contributed by atoms with van der Waals surface area (Å²) < 4.78 is 0. The summed E-state index contributed by atoms with van der Waals surface area (Å²) in [4.78, 5) is 12.5. The van der Waals surface area contributed by atoms with Crippen LogP contribution in [0.25, 0.3) is 0 Å². The molecular formula is C58H113NO3. The fourth-order valence-corrected chi connectivity index (χ4v) is 9.10. The number of carbonyl (C=O) groups excluding carboxylic acids is 1. The first-order valence-electron chi connectivity index (χ1n) is 28.5. The summed E-state index contributed by atoms with van der Waals surface area (Å²) in [6.45, 7) is 4.37. The van der Waals surface area contributed by atoms with Crippen molar-refractivity contribution >= 4 is 5.91 Å². The van der Waals surface area contributed by atoms with Crippen LogP contribution in [0.2, 0.25) is 0 Å². The molecule has 0 saturated heterocycles. The SMILES string of the molecule is CCCCCC/C=C\C/C=C\CCCCCCCCCC(=O)NC(CO)C(O)CCCCCCCCCCCCCCCCCCCCCCCCCCCCCCCCCC. The minimum atomic E-state index is -0.663. The van der Waals surface area contributed by atoms with Gasteiger partial charge in [-0.15, -0.1) is 0 Å². The lowest BCUT2D eigenvalue weighted by atomic mass is 10.0. The number of aliphatic hydroxyl groups is 2. The molecule has 0 aliphatic carbocycles. The van der Waals surface area contributed by atoms with Crippen molar-refractivity contribution in [3.8, 4) is 0 Å². The van der Waals surface area contributed by atoms with Crippen molar-refractivity contribution in [2.24, 2.45) is 0 Å². The third-order valence-electron chi connectivity index (χ3n) is 13.5. The molecule has 0 aliphatic rings. The average Bonchev–Trinajstić information content (AvgIpc) is 3.28. The lowest BCUT2D eigenvalue weighted by Crippen LogP contribution is -2.45. The van der Waals surface area contributed by atoms with Gasteiger partial charge >= 0.3 is 0 Å². The Morgan fingerprint density at radius 1 is 0.387 bits per heavy atom. The zero-order chi connectivity index (χ0) is 44.9. The lowest BCUT2D eigenvalue weighted by molar-refractivity contribution is -0.123. The molecule has 2 unspecified atom stereocenters. The Bertz CT molecular complexity index is 901. The second-order valence-electron chi connectivity index (χ2n) is 19.7. The van der Waals surface area contributed by atoms with E-state index in [0.29, 0.717) is 12.8 Å². The largest absolute Gasteiger partial charge is 0.394 e. The van der Waals surface area contributed by atoms with Crippen LogP contribution in [0.1, 0.15) is 322 Å². The maximum absolute atomic E-state index is 12.5. The molecule has 0 spiro atoms. The molecule has 0 aromatic rings. The number of allylic oxidation sites excluding steroid dienone is 4. The zero-order valence-corrected chi connectivity index (χ0v) is 42.4. The van der Waals surface area contributed by atoms with Gasteiger partial charge in [-0.3, -0.25) is 4.79 Å². The fourth-order valence-electron chi connectivity index (χ4n) is 9.10. The Labute approximate surface area is 389 Å². The van der Waals surface area contributed by atoms with Gasteiger partial charge in [0.1, 0.15) is 0 Å². The van der Waals surface area contributed by atoms with Crippen molar-refractivity contribution in [1.29, 1.82) is 0 Å². The Morgan fingerprint density at radius 3 is 0.984 bits per heavy atom. The van der Waals surface area contributed by atoms with Crippen molar-refractivity contribution < 1.29 is 15.0 Å². The van der Waals surface area contributed by atoms with Gasteiger partial charge in [-0.2, -0.15) is 0 Å². The number of hydrogen-bond donors (Lipinski definition) is 3. The molecule has 0 rings (SSSR count). The Hall–Kier alpha value is -1.13. The first kappa shape index (κ1) is 60.9. The Morgan fingerprint density at radius 2 is 0.661 bits per heavy atom. The summed E-state index contributed by atoms with van der Waals surface area (Å²) in [5.74, 6) is -0.0349. The van der Waals surface area contributed by atoms with Crippen molar-refractivity contribution in [3.05, 3.63) is 24.3 Å². The van der Waals surface area contributed by atoms with E-state index >= 15 is 0 Å². The van der Waals surface area contributed by atoms with E-state index in [1.54, 1.807) is 0 Å². The fraction of sp³-hybridized carbons (Fsp3) is 0.914. The summed E-state index contributed by atoms with van der Waals surface area (Å²) in [5.41, 5.74) is 0. The first-order valence-corrected chi connectivity index (χ1v) is 28.5. The lowest BCUT2D eigenvalue weighted by Gasteiger charge is -2.22. The number of rotatable bonds is 53. The molecule has 1 amide bonds. The average molecular weight is 873 g/mol. The van der Waals surface area contributed by atoms with Gasteiger partial charge in [0.2, 0.25) is 5.91 Å². The summed E-state index contributed by atoms with van der Waals surface area (Å²) in [7, 11) is 0. The van der Waals surface area contributed by atoms with Crippen LogP contribution in [0.5, 0.6) is 0 Å². The van der Waals surface area contributed by atoms with Crippen molar-refractivity contribution in [1.82, 2.24) is 5.32 Å². The number of hydrogen-bond acceptors (Lipinski definition) is 3. The van der Waals surface area contributed by atoms with Crippen LogP contribution in [0, 0.1) is 0 Å². The minimum absolute atomic E-state index is 0.0349. The van der Waals surface area contributed by atoms with Gasteiger partial charge in [0.25, 0.3) is 0 Å². The smallest absolute Gasteiger partial charge is 0.220 e. The highest BCUT2D eigenvalue weighted by Gasteiger charge is 2.20. The molecule has 4 heteroatoms. The molecule has 368 valence electrons. The summed E-state index contributed by atoms with van der Waals surface area (Å²) in [6, 6.07) is -0.540. The molecule has 0 bridgehead atoms. The minimum Gasteiger partial charge on any atom is -0.394 e. The number of unbranched alkanes of at least 4 members (excludes halogenated alkanes) is 42. The van der Waals surface area contributed by atoms with Gasteiger partial charge in [0, 0.05) is 6.42 Å². The number of nitrogens with one attached hydrogen (secondary N) is 1. The monoisotopic (exact) mass is 872 g/mol. The van der Waals surface area contributed by atoms with Crippen LogP contribution < -0.4 is 5.32 Å². The highest BCUT2D eigenvalue weighted by molar-refractivity contribution is 5.76. The predicted molar refractivity (Wildman–Crippen MR) is 276 cm³/mol. The standard InChI is InChI=1S/C58H113NO3/c1-3-5-7-9-11-13-15-17-19-21-23-24-25-26-27-28-29-30-31-32-33-34-35-36-37-39-41-43-45-47-49-51-53-57(61)56(55-60)59-58(62)54-52-50-48-46-44-42-40-38-22-20-18-16-14-12-10-8-6-4-2/h14,16,20,22,56-57,60-61H,3-13,15,17-19,21,23-55H2,1-2H3,(H,59,62)/b16-14-,22-20-. The molecule has 0 saturated carbocycles. The number of amides is 1. The second kappa shape index (κ2) is 54.2. The van der Waals surface area contributed by atoms with Crippen molar-refractivity contribution in [3.63, 3.8) is 0 Å². The molecule has 2 atom stereocenters. The van der Waals surface area contributed by atoms with E-state index < -0.39 is 12.1 Å². The molecule has 0 radical (unpaired) electrons. The van der Waals surface area contributed by atoms with E-state index in [1.807, 2.05) is 0 Å². The van der Waals surface area contributed by atoms with Crippen LogP contribution >= 0.6 is 0 Å². The predicted octanol–water partition coefficient (Wildman–Crippen LogP) is 18.7. The highest BCUT2D eigenvalue weighted by atomic mass is 16.3. The van der Waals surface area contributed by atoms with E-state index in [9.17, 15) is 15.0 Å². The summed E-state index contributed by atoms with van der Waals surface area (Å²) in [5, 5.41) is 23.3. The summed E-state index contributed by atoms with van der Waals surface area (Å²) in [6.07, 6.45) is 71.8. The van der Waals surface area contributed by atoms with Gasteiger partial charge in [-0.1, -0.05) is 295 Å². The maximum atomic E-state index is 12.5. The topological polar surface area (TPSA) is 69.6 Å². The highest BCUT2D eigenvalue weighted by Crippen LogP contribution is 2.18. The van der Waals surface area contributed by atoms with Gasteiger partial charge in [0.05, 0.1) is 18.8 Å². The molecule has 0 fully saturated rings. The van der Waals surface area contributed by atoms with Crippen LogP contribution in [-0.4, -0.2) is 34.9 Å². The Kier molecular flexibility index (Phi) is 53.2. The van der Waals surface area contributed by atoms with E-state index in [4.69, 9.17) is 0 Å². The van der Waals surface area contributed by atoms with Crippen LogP contribution in [-0.2, 0) is 4.79 Å². The van der Waals surface area contributed by atoms with E-state index in [1.165, 1.54) is 263 Å². The number of carbonyl (C=O) groups is 1. The van der Waals surface area contributed by atoms with E-state index in [-0.39, 0.29) is 12.5 Å². The zero-order valence-electron chi connectivity index (χ0n) is 42.4. The van der Waals surface area contributed by atoms with Crippen molar-refractivity contribution in [2.45, 2.75) is 334 Å². The second-order valence-corrected chi connectivity index (χ2v) is 19.7. The van der Waals surface area contributed by atoms with Gasteiger partial charge < -0.3 is 15.5 Å².